The van der Waals surface area contributed by atoms with Crippen LogP contribution in [0.25, 0.3) is 0 Å². The van der Waals surface area contributed by atoms with Crippen LogP contribution in [0, 0.1) is 0 Å². The van der Waals surface area contributed by atoms with Gasteiger partial charge in [-0.2, -0.15) is 4.67 Å². The Labute approximate surface area is 141 Å². The normalized spacial score (nSPS) is 14.1. The van der Waals surface area contributed by atoms with Crippen LogP contribution in [0.5, 0.6) is 0 Å². The van der Waals surface area contributed by atoms with E-state index in [1.807, 2.05) is 0 Å². The first-order valence-corrected chi connectivity index (χ1v) is 11.5. The minimum Gasteiger partial charge on any atom is -0.323 e. The summed E-state index contributed by atoms with van der Waals surface area (Å²) in [6.07, 6.45) is 18.2. The molecule has 0 aromatic rings. The van der Waals surface area contributed by atoms with Gasteiger partial charge in [-0.25, -0.2) is 5.26 Å². The third-order valence-corrected chi connectivity index (χ3v) is 5.09. The number of unbranched alkanes of at least 4 members (excludes halogenated alkanes) is 13. The molecule has 0 aliphatic heterocycles. The van der Waals surface area contributed by atoms with Crippen LogP contribution in [0.1, 0.15) is 96.8 Å². The average Bonchev–Trinajstić information content (AvgIpc) is 2.51. The monoisotopic (exact) mass is 354 g/mol. The molecule has 0 saturated heterocycles. The average molecular weight is 354 g/mol. The smallest absolute Gasteiger partial charge is 0.323 e. The van der Waals surface area contributed by atoms with E-state index in [2.05, 4.69) is 23.4 Å². The van der Waals surface area contributed by atoms with Crippen LogP contribution in [0.15, 0.2) is 0 Å². The molecule has 0 bridgehead atoms. The standard InChI is InChI=1S/C16H35O4PS/c1-2-3-4-5-6-7-8-9-10-11-12-13-14-15-16-19-21(18,22)20-17/h17H,2-16H2,1H3,(H,18,22). The van der Waals surface area contributed by atoms with Gasteiger partial charge in [0, 0.05) is 0 Å². The van der Waals surface area contributed by atoms with E-state index in [4.69, 9.17) is 14.7 Å². The highest BCUT2D eigenvalue weighted by Gasteiger charge is 2.13. The minimum atomic E-state index is -3.37. The minimum absolute atomic E-state index is 0.354. The predicted octanol–water partition coefficient (Wildman–Crippen LogP) is 6.19. The van der Waals surface area contributed by atoms with Gasteiger partial charge in [0.1, 0.15) is 0 Å². The fourth-order valence-corrected chi connectivity index (χ4v) is 3.13. The lowest BCUT2D eigenvalue weighted by Gasteiger charge is -2.10. The third-order valence-electron chi connectivity index (χ3n) is 3.86. The van der Waals surface area contributed by atoms with Gasteiger partial charge in [-0.05, 0) is 18.2 Å². The van der Waals surface area contributed by atoms with Gasteiger partial charge in [0.15, 0.2) is 0 Å². The zero-order valence-electron chi connectivity index (χ0n) is 14.2. The molecule has 0 heterocycles. The van der Waals surface area contributed by atoms with Gasteiger partial charge in [0.05, 0.1) is 6.61 Å². The zero-order chi connectivity index (χ0) is 16.5. The maximum Gasteiger partial charge on any atom is 0.352 e. The van der Waals surface area contributed by atoms with Crippen molar-refractivity contribution in [1.29, 1.82) is 0 Å². The summed E-state index contributed by atoms with van der Waals surface area (Å²) >= 11 is 4.52. The summed E-state index contributed by atoms with van der Waals surface area (Å²) in [4.78, 5) is 9.16. The van der Waals surface area contributed by atoms with Gasteiger partial charge in [0.2, 0.25) is 0 Å². The van der Waals surface area contributed by atoms with Crippen LogP contribution in [0.2, 0.25) is 0 Å². The molecule has 6 heteroatoms. The largest absolute Gasteiger partial charge is 0.352 e. The van der Waals surface area contributed by atoms with E-state index in [1.54, 1.807) is 0 Å². The van der Waals surface area contributed by atoms with E-state index in [0.717, 1.165) is 12.8 Å². The van der Waals surface area contributed by atoms with Crippen LogP contribution >= 0.6 is 6.72 Å². The number of hydrogen-bond donors (Lipinski definition) is 2. The van der Waals surface area contributed by atoms with Crippen LogP contribution < -0.4 is 0 Å². The molecular weight excluding hydrogens is 319 g/mol. The number of rotatable bonds is 17. The third kappa shape index (κ3) is 16.9. The molecule has 0 aliphatic rings. The van der Waals surface area contributed by atoms with Crippen molar-refractivity contribution in [2.45, 2.75) is 96.8 Å². The van der Waals surface area contributed by atoms with Crippen molar-refractivity contribution < 1.29 is 19.3 Å². The van der Waals surface area contributed by atoms with E-state index in [0.29, 0.717) is 6.61 Å². The Bertz CT molecular complexity index is 277. The molecule has 22 heavy (non-hydrogen) atoms. The molecule has 0 aliphatic carbocycles. The van der Waals surface area contributed by atoms with E-state index >= 15 is 0 Å². The SMILES string of the molecule is CCCCCCCCCCCCCCCCOP(O)(=S)OO. The topological polar surface area (TPSA) is 58.9 Å². The molecule has 1 atom stereocenters. The van der Waals surface area contributed by atoms with Crippen molar-refractivity contribution >= 4 is 18.5 Å². The molecular formula is C16H35O4PS. The van der Waals surface area contributed by atoms with Crippen molar-refractivity contribution in [2.24, 2.45) is 0 Å². The first-order chi connectivity index (χ1) is 10.6. The Kier molecular flexibility index (Phi) is 16.7. The summed E-state index contributed by atoms with van der Waals surface area (Å²) in [6, 6.07) is 0. The summed E-state index contributed by atoms with van der Waals surface area (Å²) in [5.74, 6) is 0. The van der Waals surface area contributed by atoms with Gasteiger partial charge in [-0.3, -0.25) is 0 Å². The summed E-state index contributed by atoms with van der Waals surface area (Å²) in [6.45, 7) is -0.757. The summed E-state index contributed by atoms with van der Waals surface area (Å²) < 4.78 is 8.61. The van der Waals surface area contributed by atoms with Crippen LogP contribution in [-0.4, -0.2) is 16.8 Å². The predicted molar refractivity (Wildman–Crippen MR) is 96.5 cm³/mol. The van der Waals surface area contributed by atoms with E-state index in [-0.39, 0.29) is 0 Å². The highest BCUT2D eigenvalue weighted by Crippen LogP contribution is 2.42. The van der Waals surface area contributed by atoms with E-state index in [9.17, 15) is 0 Å². The highest BCUT2D eigenvalue weighted by atomic mass is 32.5. The van der Waals surface area contributed by atoms with Crippen molar-refractivity contribution in [2.75, 3.05) is 6.61 Å². The fraction of sp³-hybridized carbons (Fsp3) is 1.00. The summed E-state index contributed by atoms with van der Waals surface area (Å²) in [7, 11) is 0. The Morgan fingerprint density at radius 2 is 1.09 bits per heavy atom. The van der Waals surface area contributed by atoms with Gasteiger partial charge < -0.3 is 9.42 Å². The van der Waals surface area contributed by atoms with Crippen LogP contribution in [0.4, 0.5) is 0 Å². The Hall–Kier alpha value is 0.490. The number of hydrogen-bond acceptors (Lipinski definition) is 4. The molecule has 0 amide bonds. The van der Waals surface area contributed by atoms with Crippen molar-refractivity contribution in [1.82, 2.24) is 0 Å². The van der Waals surface area contributed by atoms with Crippen molar-refractivity contribution in [3.63, 3.8) is 0 Å². The lowest BCUT2D eigenvalue weighted by atomic mass is 10.0. The van der Waals surface area contributed by atoms with Gasteiger partial charge >= 0.3 is 6.72 Å². The second-order valence-electron chi connectivity index (χ2n) is 5.98. The Morgan fingerprint density at radius 1 is 0.727 bits per heavy atom. The molecule has 0 aromatic carbocycles. The maximum atomic E-state index is 9.16. The van der Waals surface area contributed by atoms with Gasteiger partial charge in [-0.15, -0.1) is 0 Å². The van der Waals surface area contributed by atoms with Crippen LogP contribution in [0.3, 0.4) is 0 Å². The molecule has 4 nitrogen and oxygen atoms in total. The van der Waals surface area contributed by atoms with Crippen molar-refractivity contribution in [3.05, 3.63) is 0 Å². The lowest BCUT2D eigenvalue weighted by Crippen LogP contribution is -1.94. The molecule has 0 spiro atoms. The highest BCUT2D eigenvalue weighted by molar-refractivity contribution is 8.07. The molecule has 0 radical (unpaired) electrons. The molecule has 0 fully saturated rings. The zero-order valence-corrected chi connectivity index (χ0v) is 15.9. The molecule has 134 valence electrons. The van der Waals surface area contributed by atoms with Gasteiger partial charge in [0.25, 0.3) is 0 Å². The van der Waals surface area contributed by atoms with Crippen LogP contribution in [-0.2, 0) is 21.0 Å². The Morgan fingerprint density at radius 3 is 1.45 bits per heavy atom. The first kappa shape index (κ1) is 22.5. The molecule has 2 N–H and O–H groups in total. The molecule has 1 unspecified atom stereocenters. The Balaban J connectivity index is 3.07. The van der Waals surface area contributed by atoms with E-state index < -0.39 is 6.72 Å². The van der Waals surface area contributed by atoms with Crippen molar-refractivity contribution in [3.8, 4) is 0 Å². The molecule has 0 saturated carbocycles. The quantitative estimate of drug-likeness (QED) is 0.141. The summed E-state index contributed by atoms with van der Waals surface area (Å²) in [5.41, 5.74) is 0. The maximum absolute atomic E-state index is 9.16. The molecule has 0 aromatic heterocycles. The summed E-state index contributed by atoms with van der Waals surface area (Å²) in [5, 5.41) is 8.28. The second kappa shape index (κ2) is 16.4. The second-order valence-corrected chi connectivity index (χ2v) is 8.72. The lowest BCUT2D eigenvalue weighted by molar-refractivity contribution is -0.151. The van der Waals surface area contributed by atoms with E-state index in [1.165, 1.54) is 77.0 Å². The fourth-order valence-electron chi connectivity index (χ4n) is 2.50. The first-order valence-electron chi connectivity index (χ1n) is 8.93. The van der Waals surface area contributed by atoms with Gasteiger partial charge in [-0.1, -0.05) is 90.4 Å². The molecule has 0 rings (SSSR count).